The fourth-order valence-corrected chi connectivity index (χ4v) is 8.03. The molecule has 47 heavy (non-hydrogen) atoms. The van der Waals surface area contributed by atoms with Crippen LogP contribution < -0.4 is 9.64 Å². The highest BCUT2D eigenvalue weighted by molar-refractivity contribution is 6.03. The molecule has 0 saturated carbocycles. The molecule has 252 valence electrons. The van der Waals surface area contributed by atoms with Crippen LogP contribution in [0.3, 0.4) is 0 Å². The molecule has 2 aromatic carbocycles. The minimum atomic E-state index is -1.24. The molecule has 3 heterocycles. The average Bonchev–Trinajstić information content (AvgIpc) is 3.62. The minimum absolute atomic E-state index is 0.226. The number of hydrogen-bond acceptors (Lipinski definition) is 6. The van der Waals surface area contributed by atoms with Crippen LogP contribution in [0.1, 0.15) is 53.0 Å². The van der Waals surface area contributed by atoms with Crippen molar-refractivity contribution in [1.82, 2.24) is 9.80 Å². The number of carbonyl (C=O) groups excluding carboxylic acids is 3. The first kappa shape index (κ1) is 34.4. The molecule has 2 unspecified atom stereocenters. The van der Waals surface area contributed by atoms with Gasteiger partial charge in [-0.3, -0.25) is 14.4 Å². The second kappa shape index (κ2) is 13.3. The Labute approximate surface area is 278 Å². The first-order valence-electron chi connectivity index (χ1n) is 16.6. The van der Waals surface area contributed by atoms with E-state index in [1.54, 1.807) is 26.9 Å². The molecule has 3 saturated heterocycles. The maximum atomic E-state index is 14.9. The number of fused-ring (bicyclic) bond motifs is 1. The van der Waals surface area contributed by atoms with Crippen LogP contribution in [0.15, 0.2) is 79.9 Å². The van der Waals surface area contributed by atoms with Gasteiger partial charge in [0.05, 0.1) is 36.7 Å². The lowest BCUT2D eigenvalue weighted by atomic mass is 9.66. The van der Waals surface area contributed by atoms with E-state index in [1.165, 1.54) is 0 Å². The maximum absolute atomic E-state index is 14.9. The van der Waals surface area contributed by atoms with Gasteiger partial charge in [-0.2, -0.15) is 0 Å². The highest BCUT2D eigenvalue weighted by Crippen LogP contribution is 2.64. The summed E-state index contributed by atoms with van der Waals surface area (Å²) in [5.41, 5.74) is -1.22. The average molecular weight is 644 g/mol. The summed E-state index contributed by atoms with van der Waals surface area (Å²) in [5, 5.41) is 10.8. The van der Waals surface area contributed by atoms with E-state index < -0.39 is 40.7 Å². The summed E-state index contributed by atoms with van der Waals surface area (Å²) < 4.78 is 12.5. The van der Waals surface area contributed by atoms with Crippen molar-refractivity contribution < 1.29 is 29.0 Å². The van der Waals surface area contributed by atoms with Crippen LogP contribution in [0.5, 0.6) is 5.75 Å². The van der Waals surface area contributed by atoms with Crippen molar-refractivity contribution in [3.63, 3.8) is 0 Å². The Balaban J connectivity index is 1.61. The number of aliphatic hydroxyl groups is 1. The van der Waals surface area contributed by atoms with Gasteiger partial charge in [-0.1, -0.05) is 42.5 Å². The van der Waals surface area contributed by atoms with Crippen LogP contribution in [-0.4, -0.2) is 87.8 Å². The van der Waals surface area contributed by atoms with Crippen molar-refractivity contribution in [2.75, 3.05) is 31.2 Å². The van der Waals surface area contributed by atoms with Crippen molar-refractivity contribution >= 4 is 23.4 Å². The van der Waals surface area contributed by atoms with Gasteiger partial charge in [0.25, 0.3) is 0 Å². The van der Waals surface area contributed by atoms with Gasteiger partial charge in [-0.05, 0) is 83.7 Å². The number of anilines is 1. The summed E-state index contributed by atoms with van der Waals surface area (Å²) in [4.78, 5) is 49.5. The summed E-state index contributed by atoms with van der Waals surface area (Å²) >= 11 is 0. The first-order valence-corrected chi connectivity index (χ1v) is 16.6. The largest absolute Gasteiger partial charge is 0.494 e. The molecule has 3 fully saturated rings. The molecule has 3 amide bonds. The number of nitrogens with zero attached hydrogens (tertiary/aromatic N) is 3. The quantitative estimate of drug-likeness (QED) is 0.316. The van der Waals surface area contributed by atoms with Gasteiger partial charge in [0.15, 0.2) is 0 Å². The molecule has 0 aliphatic carbocycles. The third kappa shape index (κ3) is 6.00. The maximum Gasteiger partial charge on any atom is 0.249 e. The zero-order chi connectivity index (χ0) is 34.1. The summed E-state index contributed by atoms with van der Waals surface area (Å²) in [7, 11) is 0. The Hall–Kier alpha value is -3.95. The van der Waals surface area contributed by atoms with E-state index in [4.69, 9.17) is 9.47 Å². The smallest absolute Gasteiger partial charge is 0.249 e. The Kier molecular flexibility index (Phi) is 9.71. The van der Waals surface area contributed by atoms with Gasteiger partial charge in [0, 0.05) is 24.3 Å². The molecule has 0 radical (unpaired) electrons. The molecule has 0 aromatic heterocycles. The minimum Gasteiger partial charge on any atom is -0.494 e. The third-order valence-corrected chi connectivity index (χ3v) is 10.1. The van der Waals surface area contributed by atoms with Gasteiger partial charge in [0.2, 0.25) is 17.7 Å². The first-order chi connectivity index (χ1) is 22.4. The van der Waals surface area contributed by atoms with Gasteiger partial charge in [0.1, 0.15) is 17.4 Å². The molecule has 3 aliphatic heterocycles. The van der Waals surface area contributed by atoms with Crippen molar-refractivity contribution in [3.8, 4) is 5.75 Å². The summed E-state index contributed by atoms with van der Waals surface area (Å²) in [5.74, 6) is -1.94. The van der Waals surface area contributed by atoms with Crippen molar-refractivity contribution in [2.24, 2.45) is 11.8 Å². The lowest BCUT2D eigenvalue weighted by Crippen LogP contribution is -2.62. The van der Waals surface area contributed by atoms with Gasteiger partial charge >= 0.3 is 0 Å². The van der Waals surface area contributed by atoms with E-state index in [9.17, 15) is 19.5 Å². The SMILES string of the molecule is C=CCN(C(=O)[C@H]1[C@H]2C(=O)N([C@@H](CO)Cc3ccccc3)C(C(=O)N(CC=C)C(C)(C)C)C23CC[C@]1(C)O3)c1ccc(OCC)cc1. The summed E-state index contributed by atoms with van der Waals surface area (Å²) in [6.45, 7) is 18.1. The number of carbonyl (C=O) groups is 3. The standard InChI is InChI=1S/C38H49N3O6/c1-8-22-39(27-16-18-29(19-17-27)46-10-3)33(43)30-31-34(44)41(28(25-42)24-26-14-12-11-13-15-26)32(38(31)21-20-37(30,7)47-38)35(45)40(23-9-2)36(4,5)6/h8-9,11-19,28,30-32,42H,1-2,10,20-25H2,3-7H3/t28-,30-,31+,32?,37+,38?/m1/s1. The number of likely N-dealkylation sites (tertiary alicyclic amines) is 1. The highest BCUT2D eigenvalue weighted by atomic mass is 16.5. The Morgan fingerprint density at radius 3 is 2.30 bits per heavy atom. The van der Waals surface area contributed by atoms with Crippen molar-refractivity contribution in [2.45, 2.75) is 82.7 Å². The molecular formula is C38H49N3O6. The molecule has 3 aliphatic rings. The van der Waals surface area contributed by atoms with E-state index >= 15 is 0 Å². The topological polar surface area (TPSA) is 99.6 Å². The number of ether oxygens (including phenoxy) is 2. The molecule has 2 bridgehead atoms. The molecule has 2 aromatic rings. The summed E-state index contributed by atoms with van der Waals surface area (Å²) in [6.07, 6.45) is 4.63. The van der Waals surface area contributed by atoms with Crippen LogP contribution in [0.4, 0.5) is 5.69 Å². The Morgan fingerprint density at radius 1 is 1.06 bits per heavy atom. The number of rotatable bonds is 13. The van der Waals surface area contributed by atoms with Crippen LogP contribution >= 0.6 is 0 Å². The van der Waals surface area contributed by atoms with E-state index in [-0.39, 0.29) is 37.4 Å². The van der Waals surface area contributed by atoms with E-state index in [1.807, 2.05) is 89.2 Å². The molecule has 9 heteroatoms. The fourth-order valence-electron chi connectivity index (χ4n) is 8.03. The van der Waals surface area contributed by atoms with Crippen LogP contribution in [0.2, 0.25) is 0 Å². The van der Waals surface area contributed by atoms with Crippen LogP contribution in [0, 0.1) is 11.8 Å². The van der Waals surface area contributed by atoms with Crippen molar-refractivity contribution in [1.29, 1.82) is 0 Å². The zero-order valence-corrected chi connectivity index (χ0v) is 28.4. The number of aliphatic hydroxyl groups excluding tert-OH is 1. The number of benzene rings is 2. The lowest BCUT2D eigenvalue weighted by molar-refractivity contribution is -0.157. The molecular weight excluding hydrogens is 594 g/mol. The third-order valence-electron chi connectivity index (χ3n) is 10.1. The van der Waals surface area contributed by atoms with Gasteiger partial charge < -0.3 is 29.3 Å². The number of hydrogen-bond donors (Lipinski definition) is 1. The molecule has 1 spiro atoms. The van der Waals surface area contributed by atoms with Gasteiger partial charge in [-0.25, -0.2) is 0 Å². The molecule has 5 rings (SSSR count). The molecule has 1 N–H and O–H groups in total. The second-order valence-corrected chi connectivity index (χ2v) is 14.1. The Morgan fingerprint density at radius 2 is 1.72 bits per heavy atom. The highest BCUT2D eigenvalue weighted by Gasteiger charge is 2.79. The van der Waals surface area contributed by atoms with Crippen LogP contribution in [0.25, 0.3) is 0 Å². The predicted octanol–water partition coefficient (Wildman–Crippen LogP) is 4.79. The lowest BCUT2D eigenvalue weighted by Gasteiger charge is -2.43. The normalized spacial score (nSPS) is 26.9. The fraction of sp³-hybridized carbons (Fsp3) is 0.500. The Bertz CT molecular complexity index is 1490. The second-order valence-electron chi connectivity index (χ2n) is 14.1. The van der Waals surface area contributed by atoms with E-state index in [0.717, 1.165) is 5.56 Å². The molecule has 9 nitrogen and oxygen atoms in total. The van der Waals surface area contributed by atoms with E-state index in [0.29, 0.717) is 37.3 Å². The van der Waals surface area contributed by atoms with Crippen molar-refractivity contribution in [3.05, 3.63) is 85.5 Å². The number of amides is 3. The van der Waals surface area contributed by atoms with Crippen LogP contribution in [-0.2, 0) is 25.5 Å². The monoisotopic (exact) mass is 643 g/mol. The zero-order valence-electron chi connectivity index (χ0n) is 28.4. The van der Waals surface area contributed by atoms with Gasteiger partial charge in [-0.15, -0.1) is 13.2 Å². The summed E-state index contributed by atoms with van der Waals surface area (Å²) in [6, 6.07) is 15.2. The molecule has 6 atom stereocenters. The van der Waals surface area contributed by atoms with E-state index in [2.05, 4.69) is 13.2 Å². The predicted molar refractivity (Wildman–Crippen MR) is 182 cm³/mol.